The van der Waals surface area contributed by atoms with Crippen LogP contribution in [0.3, 0.4) is 0 Å². The van der Waals surface area contributed by atoms with Gasteiger partial charge in [-0.05, 0) is 48.0 Å². The number of carbonyl (C=O) groups is 1. The van der Waals surface area contributed by atoms with Crippen molar-refractivity contribution in [2.24, 2.45) is 0 Å². The second kappa shape index (κ2) is 6.41. The molecule has 0 amide bonds. The van der Waals surface area contributed by atoms with Gasteiger partial charge in [0.05, 0.1) is 27.3 Å². The van der Waals surface area contributed by atoms with Crippen molar-refractivity contribution >= 4 is 49.2 Å². The molecule has 2 aromatic rings. The van der Waals surface area contributed by atoms with E-state index in [0.717, 1.165) is 26.9 Å². The van der Waals surface area contributed by atoms with Crippen LogP contribution >= 0.6 is 43.5 Å². The number of nitrogens with zero attached hydrogens (tertiary/aromatic N) is 2. The van der Waals surface area contributed by atoms with Gasteiger partial charge in [-0.15, -0.1) is 0 Å². The first kappa shape index (κ1) is 15.7. The summed E-state index contributed by atoms with van der Waals surface area (Å²) in [7, 11) is 0. The summed E-state index contributed by atoms with van der Waals surface area (Å²) in [6.45, 7) is 4.64. The van der Waals surface area contributed by atoms with E-state index in [1.54, 1.807) is 12.1 Å². The maximum absolute atomic E-state index is 12.4. The largest absolute Gasteiger partial charge is 0.294 e. The zero-order chi connectivity index (χ0) is 14.9. The Morgan fingerprint density at radius 1 is 1.40 bits per heavy atom. The molecule has 6 heteroatoms. The first-order valence-electron chi connectivity index (χ1n) is 6.14. The van der Waals surface area contributed by atoms with E-state index >= 15 is 0 Å². The number of aromatic nitrogens is 2. The summed E-state index contributed by atoms with van der Waals surface area (Å²) in [5, 5.41) is 4.85. The van der Waals surface area contributed by atoms with Crippen molar-refractivity contribution in [3.63, 3.8) is 0 Å². The Balaban J connectivity index is 2.32. The highest BCUT2D eigenvalue weighted by molar-refractivity contribution is 9.10. The van der Waals surface area contributed by atoms with Crippen LogP contribution in [0.4, 0.5) is 0 Å². The van der Waals surface area contributed by atoms with Crippen LogP contribution in [0.25, 0.3) is 0 Å². The molecule has 0 spiro atoms. The quantitative estimate of drug-likeness (QED) is 0.665. The molecule has 0 aliphatic rings. The maximum Gasteiger partial charge on any atom is 0.170 e. The second-order valence-electron chi connectivity index (χ2n) is 4.39. The molecular weight excluding hydrogens is 407 g/mol. The number of carbonyl (C=O) groups excluding carboxylic acids is 1. The summed E-state index contributed by atoms with van der Waals surface area (Å²) in [6, 6.07) is 5.28. The van der Waals surface area contributed by atoms with Crippen molar-refractivity contribution in [2.45, 2.75) is 26.8 Å². The summed E-state index contributed by atoms with van der Waals surface area (Å²) >= 11 is 13.0. The third-order valence-electron chi connectivity index (χ3n) is 3.01. The van der Waals surface area contributed by atoms with E-state index < -0.39 is 0 Å². The molecule has 0 N–H and O–H groups in total. The van der Waals surface area contributed by atoms with Crippen LogP contribution in [0.1, 0.15) is 28.7 Å². The summed E-state index contributed by atoms with van der Waals surface area (Å²) < 4.78 is 3.58. The number of rotatable bonds is 4. The van der Waals surface area contributed by atoms with Crippen LogP contribution in [0.5, 0.6) is 0 Å². The van der Waals surface area contributed by atoms with Gasteiger partial charge >= 0.3 is 0 Å². The molecule has 3 nitrogen and oxygen atoms in total. The monoisotopic (exact) mass is 418 g/mol. The average molecular weight is 421 g/mol. The Labute approximate surface area is 139 Å². The summed E-state index contributed by atoms with van der Waals surface area (Å²) in [5.41, 5.74) is 2.30. The molecule has 0 radical (unpaired) electrons. The van der Waals surface area contributed by atoms with Gasteiger partial charge in [-0.3, -0.25) is 9.48 Å². The van der Waals surface area contributed by atoms with Crippen molar-refractivity contribution in [1.82, 2.24) is 9.78 Å². The number of benzene rings is 1. The van der Waals surface area contributed by atoms with Gasteiger partial charge in [-0.1, -0.05) is 27.5 Å². The van der Waals surface area contributed by atoms with Crippen LogP contribution in [0, 0.1) is 6.92 Å². The lowest BCUT2D eigenvalue weighted by molar-refractivity contribution is 0.0990. The van der Waals surface area contributed by atoms with E-state index in [1.807, 2.05) is 24.6 Å². The van der Waals surface area contributed by atoms with Gasteiger partial charge in [-0.25, -0.2) is 0 Å². The van der Waals surface area contributed by atoms with Crippen LogP contribution < -0.4 is 0 Å². The zero-order valence-electron chi connectivity index (χ0n) is 11.1. The van der Waals surface area contributed by atoms with E-state index in [-0.39, 0.29) is 12.2 Å². The van der Waals surface area contributed by atoms with Gasteiger partial charge in [-0.2, -0.15) is 5.10 Å². The summed E-state index contributed by atoms with van der Waals surface area (Å²) in [6.07, 6.45) is 0.274. The molecule has 0 saturated carbocycles. The Morgan fingerprint density at radius 2 is 2.10 bits per heavy atom. The number of halogens is 3. The zero-order valence-corrected chi connectivity index (χ0v) is 15.0. The topological polar surface area (TPSA) is 34.9 Å². The van der Waals surface area contributed by atoms with Crippen LogP contribution in [-0.4, -0.2) is 15.6 Å². The lowest BCUT2D eigenvalue weighted by Crippen LogP contribution is -2.10. The van der Waals surface area contributed by atoms with Crippen LogP contribution in [-0.2, 0) is 13.0 Å². The van der Waals surface area contributed by atoms with Gasteiger partial charge in [0, 0.05) is 16.6 Å². The second-order valence-corrected chi connectivity index (χ2v) is 6.50. The lowest BCUT2D eigenvalue weighted by Gasteiger charge is -2.07. The minimum absolute atomic E-state index is 0.0159. The van der Waals surface area contributed by atoms with Crippen molar-refractivity contribution in [1.29, 1.82) is 0 Å². The molecule has 0 saturated heterocycles. The number of ketones is 1. The Kier molecular flexibility index (Phi) is 5.04. The normalized spacial score (nSPS) is 10.8. The van der Waals surface area contributed by atoms with E-state index in [9.17, 15) is 4.79 Å². The highest BCUT2D eigenvalue weighted by Crippen LogP contribution is 2.26. The summed E-state index contributed by atoms with van der Waals surface area (Å²) in [4.78, 5) is 12.4. The molecular formula is C14H13Br2ClN2O. The molecule has 1 aromatic heterocycles. The van der Waals surface area contributed by atoms with Crippen molar-refractivity contribution in [3.05, 3.63) is 49.1 Å². The smallest absolute Gasteiger partial charge is 0.170 e. The van der Waals surface area contributed by atoms with E-state index in [0.29, 0.717) is 10.6 Å². The minimum atomic E-state index is -0.0159. The van der Waals surface area contributed by atoms with Gasteiger partial charge < -0.3 is 0 Å². The molecule has 106 valence electrons. The molecule has 20 heavy (non-hydrogen) atoms. The number of aryl methyl sites for hydroxylation is 2. The van der Waals surface area contributed by atoms with Crippen molar-refractivity contribution < 1.29 is 4.79 Å². The van der Waals surface area contributed by atoms with Gasteiger partial charge in [0.2, 0.25) is 0 Å². The van der Waals surface area contributed by atoms with Crippen LogP contribution in [0.15, 0.2) is 27.1 Å². The maximum atomic E-state index is 12.4. The highest BCUT2D eigenvalue weighted by Gasteiger charge is 2.18. The molecule has 2 rings (SSSR count). The predicted octanol–water partition coefficient (Wildman–Crippen LogP) is 4.82. The Bertz CT molecular complexity index is 667. The molecule has 0 bridgehead atoms. The average Bonchev–Trinajstić information content (AvgIpc) is 2.66. The number of hydrogen-bond acceptors (Lipinski definition) is 2. The summed E-state index contributed by atoms with van der Waals surface area (Å²) in [5.74, 6) is -0.0159. The predicted molar refractivity (Wildman–Crippen MR) is 87.5 cm³/mol. The highest BCUT2D eigenvalue weighted by atomic mass is 79.9. The van der Waals surface area contributed by atoms with Gasteiger partial charge in [0.15, 0.2) is 5.78 Å². The first-order chi connectivity index (χ1) is 9.43. The van der Waals surface area contributed by atoms with E-state index in [1.165, 1.54) is 0 Å². The van der Waals surface area contributed by atoms with E-state index in [4.69, 9.17) is 11.6 Å². The minimum Gasteiger partial charge on any atom is -0.294 e. The fourth-order valence-corrected chi connectivity index (χ4v) is 3.20. The molecule has 0 aliphatic heterocycles. The molecule has 1 heterocycles. The molecule has 0 aliphatic carbocycles. The molecule has 0 fully saturated rings. The molecule has 1 aromatic carbocycles. The fourth-order valence-electron chi connectivity index (χ4n) is 2.00. The van der Waals surface area contributed by atoms with E-state index in [2.05, 4.69) is 37.0 Å². The fraction of sp³-hybridized carbons (Fsp3) is 0.286. The van der Waals surface area contributed by atoms with Crippen molar-refractivity contribution in [3.8, 4) is 0 Å². The SMILES string of the molecule is CCn1nc(C)c(Br)c1CC(=O)c1ccc(Br)cc1Cl. The number of hydrogen-bond donors (Lipinski definition) is 0. The Morgan fingerprint density at radius 3 is 2.70 bits per heavy atom. The third kappa shape index (κ3) is 3.15. The Hall–Kier alpha value is -0.650. The first-order valence-corrected chi connectivity index (χ1v) is 8.10. The third-order valence-corrected chi connectivity index (χ3v) is 4.85. The van der Waals surface area contributed by atoms with Gasteiger partial charge in [0.25, 0.3) is 0 Å². The van der Waals surface area contributed by atoms with Crippen LogP contribution in [0.2, 0.25) is 5.02 Å². The molecule has 0 atom stereocenters. The lowest BCUT2D eigenvalue weighted by atomic mass is 10.1. The number of Topliss-reactive ketones (excluding diaryl/α,β-unsaturated/α-hetero) is 1. The molecule has 0 unspecified atom stereocenters. The standard InChI is InChI=1S/C14H13Br2ClN2O/c1-3-19-12(14(16)8(2)18-19)7-13(20)10-5-4-9(15)6-11(10)17/h4-6H,3,7H2,1-2H3. The van der Waals surface area contributed by atoms with Gasteiger partial charge in [0.1, 0.15) is 0 Å². The van der Waals surface area contributed by atoms with Crippen molar-refractivity contribution in [2.75, 3.05) is 0 Å².